The Balaban J connectivity index is 1.45. The molecule has 0 atom stereocenters. The largest absolute Gasteiger partial charge is 0.490 e. The smallest absolute Gasteiger partial charge is 0.336 e. The van der Waals surface area contributed by atoms with Crippen LogP contribution in [-0.4, -0.2) is 13.2 Å². The fourth-order valence-corrected chi connectivity index (χ4v) is 3.14. The fraction of sp³-hybridized carbons (Fsp3) is 0.182. The second-order valence-corrected chi connectivity index (χ2v) is 6.51. The summed E-state index contributed by atoms with van der Waals surface area (Å²) >= 11 is 0. The first-order valence-corrected chi connectivity index (χ1v) is 8.84. The lowest BCUT2D eigenvalue weighted by Gasteiger charge is -2.11. The predicted octanol–water partition coefficient (Wildman–Crippen LogP) is 3.97. The molecule has 142 valence electrons. The van der Waals surface area contributed by atoms with Crippen LogP contribution in [0.1, 0.15) is 11.1 Å². The van der Waals surface area contributed by atoms with Crippen molar-refractivity contribution in [3.8, 4) is 11.5 Å². The molecule has 2 aromatic carbocycles. The number of hydrogen-bond acceptors (Lipinski definition) is 6. The Morgan fingerprint density at radius 3 is 1.54 bits per heavy atom. The summed E-state index contributed by atoms with van der Waals surface area (Å²) in [5.74, 6) is 1.20. The van der Waals surface area contributed by atoms with Crippen LogP contribution < -0.4 is 20.7 Å². The van der Waals surface area contributed by atoms with Gasteiger partial charge in [-0.25, -0.2) is 9.59 Å². The molecule has 0 unspecified atom stereocenters. The van der Waals surface area contributed by atoms with Crippen LogP contribution in [0.4, 0.5) is 0 Å². The third-order valence-corrected chi connectivity index (χ3v) is 4.46. The topological polar surface area (TPSA) is 78.9 Å². The Morgan fingerprint density at radius 2 is 1.11 bits per heavy atom. The molecule has 28 heavy (non-hydrogen) atoms. The first-order valence-electron chi connectivity index (χ1n) is 8.84. The maximum Gasteiger partial charge on any atom is 0.336 e. The van der Waals surface area contributed by atoms with Gasteiger partial charge >= 0.3 is 11.3 Å². The highest BCUT2D eigenvalue weighted by Crippen LogP contribution is 2.25. The SMILES string of the molecule is Cc1cc(OCCOc2cc(C)c3ccc(=O)oc3c2)cc2oc(=O)ccc12. The van der Waals surface area contributed by atoms with Crippen LogP contribution in [0.5, 0.6) is 11.5 Å². The Kier molecular flexibility index (Phi) is 4.61. The highest BCUT2D eigenvalue weighted by molar-refractivity contribution is 5.82. The fourth-order valence-electron chi connectivity index (χ4n) is 3.14. The molecule has 0 aliphatic carbocycles. The molecule has 2 heterocycles. The minimum atomic E-state index is -0.397. The second-order valence-electron chi connectivity index (χ2n) is 6.51. The van der Waals surface area contributed by atoms with Crippen molar-refractivity contribution in [1.82, 2.24) is 0 Å². The monoisotopic (exact) mass is 378 g/mol. The molecule has 6 nitrogen and oxygen atoms in total. The summed E-state index contributed by atoms with van der Waals surface area (Å²) in [5, 5.41) is 1.74. The van der Waals surface area contributed by atoms with Gasteiger partial charge in [0.05, 0.1) is 0 Å². The molecular formula is C22H18O6. The van der Waals surface area contributed by atoms with Gasteiger partial charge in [0.2, 0.25) is 0 Å². The van der Waals surface area contributed by atoms with Crippen LogP contribution in [0, 0.1) is 13.8 Å². The summed E-state index contributed by atoms with van der Waals surface area (Å²) in [6.07, 6.45) is 0. The van der Waals surface area contributed by atoms with E-state index in [0.29, 0.717) is 35.9 Å². The number of aryl methyl sites for hydroxylation is 2. The van der Waals surface area contributed by atoms with E-state index in [9.17, 15) is 9.59 Å². The third-order valence-electron chi connectivity index (χ3n) is 4.46. The van der Waals surface area contributed by atoms with Gasteiger partial charge in [0.1, 0.15) is 35.9 Å². The van der Waals surface area contributed by atoms with Crippen molar-refractivity contribution in [2.24, 2.45) is 0 Å². The second kappa shape index (κ2) is 7.23. The molecule has 4 aromatic rings. The first kappa shape index (κ1) is 17.9. The van der Waals surface area contributed by atoms with E-state index >= 15 is 0 Å². The lowest BCUT2D eigenvalue weighted by Crippen LogP contribution is -2.09. The van der Waals surface area contributed by atoms with Crippen molar-refractivity contribution < 1.29 is 18.3 Å². The van der Waals surface area contributed by atoms with E-state index in [0.717, 1.165) is 21.9 Å². The van der Waals surface area contributed by atoms with E-state index in [1.807, 2.05) is 26.0 Å². The molecule has 0 radical (unpaired) electrons. The molecule has 0 spiro atoms. The van der Waals surface area contributed by atoms with Crippen LogP contribution in [0.2, 0.25) is 0 Å². The van der Waals surface area contributed by atoms with Gasteiger partial charge in [-0.2, -0.15) is 0 Å². The Bertz CT molecular complexity index is 1180. The summed E-state index contributed by atoms with van der Waals surface area (Å²) in [4.78, 5) is 22.8. The first-order chi connectivity index (χ1) is 13.5. The zero-order valence-electron chi connectivity index (χ0n) is 15.5. The molecular weight excluding hydrogens is 360 g/mol. The summed E-state index contributed by atoms with van der Waals surface area (Å²) in [6, 6.07) is 13.4. The molecule has 0 aliphatic heterocycles. The Morgan fingerprint density at radius 1 is 0.679 bits per heavy atom. The molecule has 0 N–H and O–H groups in total. The zero-order chi connectivity index (χ0) is 19.7. The molecule has 2 aromatic heterocycles. The summed E-state index contributed by atoms with van der Waals surface area (Å²) in [5.41, 5.74) is 2.10. The molecule has 0 saturated heterocycles. The molecule has 0 amide bonds. The van der Waals surface area contributed by atoms with Crippen LogP contribution in [0.15, 0.2) is 67.0 Å². The Labute approximate surface area is 159 Å². The van der Waals surface area contributed by atoms with E-state index in [2.05, 4.69) is 0 Å². The van der Waals surface area contributed by atoms with Gasteiger partial charge in [0, 0.05) is 35.0 Å². The van der Waals surface area contributed by atoms with Gasteiger partial charge in [0.15, 0.2) is 0 Å². The van der Waals surface area contributed by atoms with Crippen molar-refractivity contribution in [1.29, 1.82) is 0 Å². The molecule has 0 fully saturated rings. The van der Waals surface area contributed by atoms with Crippen molar-refractivity contribution in [3.05, 3.63) is 80.5 Å². The summed E-state index contributed by atoms with van der Waals surface area (Å²) < 4.78 is 21.9. The van der Waals surface area contributed by atoms with Gasteiger partial charge in [-0.15, -0.1) is 0 Å². The van der Waals surface area contributed by atoms with E-state index in [4.69, 9.17) is 18.3 Å². The minimum Gasteiger partial charge on any atom is -0.490 e. The van der Waals surface area contributed by atoms with Gasteiger partial charge in [-0.1, -0.05) is 0 Å². The summed E-state index contributed by atoms with van der Waals surface area (Å²) in [6.45, 7) is 4.46. The van der Waals surface area contributed by atoms with Crippen molar-refractivity contribution in [2.75, 3.05) is 13.2 Å². The third kappa shape index (κ3) is 3.62. The van der Waals surface area contributed by atoms with Crippen molar-refractivity contribution >= 4 is 21.9 Å². The van der Waals surface area contributed by atoms with E-state index < -0.39 is 11.3 Å². The summed E-state index contributed by atoms with van der Waals surface area (Å²) in [7, 11) is 0. The zero-order valence-corrected chi connectivity index (χ0v) is 15.5. The van der Waals surface area contributed by atoms with E-state index in [-0.39, 0.29) is 0 Å². The van der Waals surface area contributed by atoms with Crippen LogP contribution in [-0.2, 0) is 0 Å². The standard InChI is InChI=1S/C22H18O6/c1-13-9-15(11-19-17(13)3-5-21(23)27-19)25-7-8-26-16-10-14(2)18-4-6-22(24)28-20(18)12-16/h3-6,9-12H,7-8H2,1-2H3. The molecule has 0 saturated carbocycles. The van der Waals surface area contributed by atoms with Crippen LogP contribution in [0.3, 0.4) is 0 Å². The van der Waals surface area contributed by atoms with Gasteiger partial charge in [-0.05, 0) is 49.2 Å². The van der Waals surface area contributed by atoms with Crippen molar-refractivity contribution in [3.63, 3.8) is 0 Å². The highest BCUT2D eigenvalue weighted by Gasteiger charge is 2.07. The average Bonchev–Trinajstić information content (AvgIpc) is 2.64. The average molecular weight is 378 g/mol. The number of benzene rings is 2. The minimum absolute atomic E-state index is 0.303. The maximum atomic E-state index is 11.4. The van der Waals surface area contributed by atoms with Crippen LogP contribution in [0.25, 0.3) is 21.9 Å². The molecule has 6 heteroatoms. The lowest BCUT2D eigenvalue weighted by atomic mass is 10.1. The highest BCUT2D eigenvalue weighted by atomic mass is 16.5. The lowest BCUT2D eigenvalue weighted by molar-refractivity contribution is 0.217. The number of fused-ring (bicyclic) bond motifs is 2. The quantitative estimate of drug-likeness (QED) is 0.386. The number of hydrogen-bond donors (Lipinski definition) is 0. The molecule has 0 aliphatic rings. The molecule has 0 bridgehead atoms. The van der Waals surface area contributed by atoms with Gasteiger partial charge < -0.3 is 18.3 Å². The maximum absolute atomic E-state index is 11.4. The number of ether oxygens (including phenoxy) is 2. The van der Waals surface area contributed by atoms with Crippen molar-refractivity contribution in [2.45, 2.75) is 13.8 Å². The van der Waals surface area contributed by atoms with E-state index in [1.165, 1.54) is 12.1 Å². The number of rotatable bonds is 5. The molecule has 4 rings (SSSR count). The Hall–Kier alpha value is -3.54. The normalized spacial score (nSPS) is 11.1. The van der Waals surface area contributed by atoms with Gasteiger partial charge in [0.25, 0.3) is 0 Å². The van der Waals surface area contributed by atoms with Gasteiger partial charge in [-0.3, -0.25) is 0 Å². The van der Waals surface area contributed by atoms with Crippen LogP contribution >= 0.6 is 0 Å². The predicted molar refractivity (Wildman–Crippen MR) is 105 cm³/mol. The van der Waals surface area contributed by atoms with E-state index in [1.54, 1.807) is 24.3 Å².